The summed E-state index contributed by atoms with van der Waals surface area (Å²) in [4.78, 5) is 41.9. The zero-order valence-electron chi connectivity index (χ0n) is 20.1. The van der Waals surface area contributed by atoms with Gasteiger partial charge in [-0.15, -0.1) is 0 Å². The lowest BCUT2D eigenvalue weighted by Gasteiger charge is -2.38. The van der Waals surface area contributed by atoms with Gasteiger partial charge in [-0.05, 0) is 37.1 Å². The van der Waals surface area contributed by atoms with E-state index in [1.807, 2.05) is 34.6 Å². The standard InChI is InChI=1S/C26H32BrN3O4/c1-5-24(32)29-12-18(13-29)10-20(31)14-30-17(4)25(21-11-19(27)6-7-22(21)30)26(33)28-8-9-34-23(15-28)16(2)3/h5-7,11,16,18,23H,1,8-10,12-15H2,2-4H3. The number of hydrogen-bond donors (Lipinski definition) is 0. The molecule has 2 aliphatic heterocycles. The third-order valence-corrected chi connectivity index (χ3v) is 7.41. The molecular weight excluding hydrogens is 498 g/mol. The molecule has 0 bridgehead atoms. The molecule has 1 aromatic heterocycles. The minimum Gasteiger partial charge on any atom is -0.374 e. The van der Waals surface area contributed by atoms with Crippen molar-refractivity contribution in [1.29, 1.82) is 0 Å². The molecule has 34 heavy (non-hydrogen) atoms. The van der Waals surface area contributed by atoms with E-state index < -0.39 is 0 Å². The molecule has 0 saturated carbocycles. The maximum Gasteiger partial charge on any atom is 0.256 e. The number of halogens is 1. The summed E-state index contributed by atoms with van der Waals surface area (Å²) in [6, 6.07) is 5.85. The lowest BCUT2D eigenvalue weighted by molar-refractivity contribution is -0.134. The van der Waals surface area contributed by atoms with E-state index in [0.717, 1.165) is 21.1 Å². The minimum atomic E-state index is -0.0903. The molecule has 182 valence electrons. The molecule has 7 nitrogen and oxygen atoms in total. The van der Waals surface area contributed by atoms with Gasteiger partial charge < -0.3 is 19.1 Å². The first-order valence-corrected chi connectivity index (χ1v) is 12.6. The van der Waals surface area contributed by atoms with Crippen molar-refractivity contribution in [3.63, 3.8) is 0 Å². The first kappa shape index (κ1) is 24.7. The van der Waals surface area contributed by atoms with Crippen molar-refractivity contribution >= 4 is 44.4 Å². The van der Waals surface area contributed by atoms with E-state index in [-0.39, 0.29) is 36.2 Å². The number of Topliss-reactive ketones (excluding diaryl/α,β-unsaturated/α-hetero) is 1. The van der Waals surface area contributed by atoms with Crippen LogP contribution in [0.15, 0.2) is 35.3 Å². The first-order valence-electron chi connectivity index (χ1n) is 11.8. The van der Waals surface area contributed by atoms with Crippen LogP contribution in [0.5, 0.6) is 0 Å². The fraction of sp³-hybridized carbons (Fsp3) is 0.500. The Bertz CT molecular complexity index is 1130. The van der Waals surface area contributed by atoms with Crippen LogP contribution < -0.4 is 0 Å². The van der Waals surface area contributed by atoms with Crippen LogP contribution in [0.3, 0.4) is 0 Å². The van der Waals surface area contributed by atoms with Gasteiger partial charge in [0.2, 0.25) is 5.91 Å². The summed E-state index contributed by atoms with van der Waals surface area (Å²) in [6.07, 6.45) is 1.75. The third kappa shape index (κ3) is 4.84. The van der Waals surface area contributed by atoms with Crippen LogP contribution in [-0.4, -0.2) is 70.9 Å². The Morgan fingerprint density at radius 1 is 1.21 bits per heavy atom. The molecule has 2 saturated heterocycles. The third-order valence-electron chi connectivity index (χ3n) is 6.92. The smallest absolute Gasteiger partial charge is 0.256 e. The highest BCUT2D eigenvalue weighted by molar-refractivity contribution is 9.10. The SMILES string of the molecule is C=CC(=O)N1CC(CC(=O)Cn2c(C)c(C(=O)N3CCOC(C(C)C)C3)c3cc(Br)ccc32)C1. The predicted octanol–water partition coefficient (Wildman–Crippen LogP) is 3.81. The fourth-order valence-electron chi connectivity index (χ4n) is 4.92. The molecule has 1 unspecified atom stereocenters. The highest BCUT2D eigenvalue weighted by Crippen LogP contribution is 2.31. The Kier molecular flexibility index (Phi) is 7.28. The number of ketones is 1. The van der Waals surface area contributed by atoms with Gasteiger partial charge in [-0.3, -0.25) is 14.4 Å². The van der Waals surface area contributed by atoms with Gasteiger partial charge in [0.25, 0.3) is 5.91 Å². The van der Waals surface area contributed by atoms with E-state index >= 15 is 0 Å². The Hall–Kier alpha value is -2.45. The number of amides is 2. The normalized spacial score (nSPS) is 18.9. The molecule has 0 N–H and O–H groups in total. The summed E-state index contributed by atoms with van der Waals surface area (Å²) in [5.41, 5.74) is 2.33. The second-order valence-electron chi connectivity index (χ2n) is 9.67. The zero-order chi connectivity index (χ0) is 24.6. The summed E-state index contributed by atoms with van der Waals surface area (Å²) in [5.74, 6) is 0.499. The lowest BCUT2D eigenvalue weighted by atomic mass is 9.94. The highest BCUT2D eigenvalue weighted by Gasteiger charge is 2.33. The van der Waals surface area contributed by atoms with Crippen molar-refractivity contribution in [2.45, 2.75) is 39.8 Å². The second kappa shape index (κ2) is 10.0. The predicted molar refractivity (Wildman–Crippen MR) is 135 cm³/mol. The van der Waals surface area contributed by atoms with Crippen molar-refractivity contribution in [2.75, 3.05) is 32.8 Å². The number of ether oxygens (including phenoxy) is 1. The fourth-order valence-corrected chi connectivity index (χ4v) is 5.28. The number of hydrogen-bond acceptors (Lipinski definition) is 4. The van der Waals surface area contributed by atoms with Crippen molar-refractivity contribution in [2.24, 2.45) is 11.8 Å². The van der Waals surface area contributed by atoms with Crippen LogP contribution in [0.4, 0.5) is 0 Å². The van der Waals surface area contributed by atoms with Crippen LogP contribution in [0.25, 0.3) is 10.9 Å². The number of likely N-dealkylation sites (tertiary alicyclic amines) is 1. The molecule has 8 heteroatoms. The first-order chi connectivity index (χ1) is 16.2. The Labute approximate surface area is 208 Å². The number of carbonyl (C=O) groups excluding carboxylic acids is 3. The van der Waals surface area contributed by atoms with E-state index in [2.05, 4.69) is 36.4 Å². The van der Waals surface area contributed by atoms with Gasteiger partial charge >= 0.3 is 0 Å². The highest BCUT2D eigenvalue weighted by atomic mass is 79.9. The van der Waals surface area contributed by atoms with Gasteiger partial charge in [-0.1, -0.05) is 36.4 Å². The summed E-state index contributed by atoms with van der Waals surface area (Å²) >= 11 is 3.54. The van der Waals surface area contributed by atoms with Crippen molar-refractivity contribution in [3.05, 3.63) is 46.6 Å². The summed E-state index contributed by atoms with van der Waals surface area (Å²) in [6.45, 7) is 12.7. The van der Waals surface area contributed by atoms with E-state index in [4.69, 9.17) is 4.74 Å². The lowest BCUT2D eigenvalue weighted by Crippen LogP contribution is -2.50. The Morgan fingerprint density at radius 2 is 1.94 bits per heavy atom. The monoisotopic (exact) mass is 529 g/mol. The molecule has 2 amide bonds. The largest absolute Gasteiger partial charge is 0.374 e. The van der Waals surface area contributed by atoms with Gasteiger partial charge in [0.05, 0.1) is 24.8 Å². The van der Waals surface area contributed by atoms with E-state index in [9.17, 15) is 14.4 Å². The minimum absolute atomic E-state index is 0.0154. The van der Waals surface area contributed by atoms with Gasteiger partial charge in [0, 0.05) is 59.6 Å². The molecule has 0 aliphatic carbocycles. The maximum absolute atomic E-state index is 13.7. The molecule has 3 heterocycles. The molecule has 1 atom stereocenters. The average Bonchev–Trinajstić information content (AvgIpc) is 3.05. The Morgan fingerprint density at radius 3 is 2.62 bits per heavy atom. The number of aromatic nitrogens is 1. The summed E-state index contributed by atoms with van der Waals surface area (Å²) < 4.78 is 8.70. The second-order valence-corrected chi connectivity index (χ2v) is 10.6. The number of nitrogens with zero attached hydrogens (tertiary/aromatic N) is 3. The molecule has 4 rings (SSSR count). The van der Waals surface area contributed by atoms with Crippen molar-refractivity contribution < 1.29 is 19.1 Å². The number of carbonyl (C=O) groups is 3. The number of fused-ring (bicyclic) bond motifs is 1. The molecular formula is C26H32BrN3O4. The van der Waals surface area contributed by atoms with Crippen LogP contribution >= 0.6 is 15.9 Å². The van der Waals surface area contributed by atoms with Gasteiger partial charge in [0.1, 0.15) is 0 Å². The van der Waals surface area contributed by atoms with E-state index in [1.165, 1.54) is 6.08 Å². The molecule has 0 spiro atoms. The quantitative estimate of drug-likeness (QED) is 0.511. The molecule has 2 fully saturated rings. The van der Waals surface area contributed by atoms with Gasteiger partial charge in [-0.2, -0.15) is 0 Å². The topological polar surface area (TPSA) is 71.9 Å². The molecule has 2 aromatic rings. The van der Waals surface area contributed by atoms with Crippen LogP contribution in [0, 0.1) is 18.8 Å². The van der Waals surface area contributed by atoms with Crippen molar-refractivity contribution in [1.82, 2.24) is 14.4 Å². The summed E-state index contributed by atoms with van der Waals surface area (Å²) in [7, 11) is 0. The van der Waals surface area contributed by atoms with E-state index in [1.54, 1.807) is 4.90 Å². The average molecular weight is 530 g/mol. The Balaban J connectivity index is 1.56. The number of rotatable bonds is 7. The van der Waals surface area contributed by atoms with Gasteiger partial charge in [-0.25, -0.2) is 0 Å². The van der Waals surface area contributed by atoms with Crippen LogP contribution in [0.1, 0.15) is 36.3 Å². The summed E-state index contributed by atoms with van der Waals surface area (Å²) in [5, 5.41) is 0.851. The van der Waals surface area contributed by atoms with E-state index in [0.29, 0.717) is 50.7 Å². The molecule has 1 aromatic carbocycles. The van der Waals surface area contributed by atoms with Gasteiger partial charge in [0.15, 0.2) is 5.78 Å². The zero-order valence-corrected chi connectivity index (χ0v) is 21.6. The maximum atomic E-state index is 13.7. The van der Waals surface area contributed by atoms with Crippen LogP contribution in [0.2, 0.25) is 0 Å². The molecule has 2 aliphatic rings. The van der Waals surface area contributed by atoms with Crippen molar-refractivity contribution in [3.8, 4) is 0 Å². The number of benzene rings is 1. The molecule has 0 radical (unpaired) electrons. The number of morpholine rings is 1. The van der Waals surface area contributed by atoms with Crippen LogP contribution in [-0.2, 0) is 20.9 Å².